The van der Waals surface area contributed by atoms with E-state index in [9.17, 15) is 9.59 Å². The predicted molar refractivity (Wildman–Crippen MR) is 306 cm³/mol. The average molecular weight is 1050 g/mol. The van der Waals surface area contributed by atoms with Gasteiger partial charge in [0.15, 0.2) is 23.0 Å². The summed E-state index contributed by atoms with van der Waals surface area (Å²) < 4.78 is 38.3. The third-order valence-corrected chi connectivity index (χ3v) is 14.7. The number of rotatable bonds is 19. The topological polar surface area (TPSA) is 137 Å². The minimum Gasteiger partial charge on any atom is -0.493 e. The molecular formula is C61H76N6O8S. The lowest BCUT2D eigenvalue weighted by atomic mass is 9.89. The van der Waals surface area contributed by atoms with Gasteiger partial charge in [-0.3, -0.25) is 24.5 Å². The molecule has 4 aliphatic rings. The molecule has 2 atom stereocenters. The van der Waals surface area contributed by atoms with E-state index < -0.39 is 22.3 Å². The number of aromatic nitrogens is 1. The molecule has 2 unspecified atom stereocenters. The second-order valence-electron chi connectivity index (χ2n) is 24.1. The number of benzene rings is 4. The lowest BCUT2D eigenvalue weighted by Crippen LogP contribution is -2.59. The fourth-order valence-electron chi connectivity index (χ4n) is 11.6. The Bertz CT molecular complexity index is 3030. The molecule has 0 fully saturated rings. The molecule has 404 valence electrons. The van der Waals surface area contributed by atoms with E-state index in [0.717, 1.165) is 41.0 Å². The Morgan fingerprint density at radius 1 is 0.684 bits per heavy atom. The summed E-state index contributed by atoms with van der Waals surface area (Å²) in [5, 5.41) is 3.56. The second kappa shape index (κ2) is 20.9. The molecule has 15 heteroatoms. The van der Waals surface area contributed by atoms with Crippen molar-refractivity contribution in [1.29, 1.82) is 0 Å². The van der Waals surface area contributed by atoms with Crippen LogP contribution in [0.2, 0.25) is 0 Å². The number of nitrogens with zero attached hydrogens (tertiary/aromatic N) is 5. The number of thiol groups is 1. The fraction of sp³-hybridized carbons (Fsp3) is 0.475. The summed E-state index contributed by atoms with van der Waals surface area (Å²) in [4.78, 5) is 44.8. The highest BCUT2D eigenvalue weighted by molar-refractivity contribution is 7.81. The van der Waals surface area contributed by atoms with Gasteiger partial charge in [0.05, 0.1) is 83.5 Å². The fourth-order valence-corrected chi connectivity index (χ4v) is 12.0. The number of methoxy groups -OCH3 is 2. The zero-order chi connectivity index (χ0) is 54.5. The van der Waals surface area contributed by atoms with Crippen molar-refractivity contribution in [3.8, 4) is 23.0 Å². The maximum atomic E-state index is 14.3. The highest BCUT2D eigenvalue weighted by Gasteiger charge is 2.42. The molecule has 1 N–H and O–H groups in total. The average Bonchev–Trinajstić information content (AvgIpc) is 3.84. The number of fused-ring (bicyclic) bond motifs is 8. The van der Waals surface area contributed by atoms with Crippen LogP contribution in [0.4, 0.5) is 28.4 Å². The molecule has 2 amide bonds. The van der Waals surface area contributed by atoms with Gasteiger partial charge in [0.2, 0.25) is 0 Å². The van der Waals surface area contributed by atoms with Crippen molar-refractivity contribution in [3.63, 3.8) is 0 Å². The number of carbonyl (C=O) groups excluding carboxylic acids is 2. The quantitative estimate of drug-likeness (QED) is 0.0765. The standard InChI is InChI=1S/C61H76N6O8S/c1-57(2,3)75-37-59(6,7)67(58(4,5)22-23-74-60(8,9)36-61(10,11)76)42-26-40(34-72-53-30-47-45(28-51(53)70-12)55(68)65-43(32-62-47)24-38-18-14-16-20-49(38)65)64-41(27-42)35-73-54-31-48-46(29-52(54)71-13)56(69)66-44(33-63-48)25-39-19-15-17-21-50(39)66/h14-21,26-32,43-44,63,76H,22-25,33-37H2,1-13H3. The van der Waals surface area contributed by atoms with Crippen LogP contribution < -0.4 is 39.0 Å². The zero-order valence-electron chi connectivity index (χ0n) is 46.6. The van der Waals surface area contributed by atoms with Crippen LogP contribution in [0.25, 0.3) is 0 Å². The molecule has 76 heavy (non-hydrogen) atoms. The molecule has 0 saturated carbocycles. The van der Waals surface area contributed by atoms with Crippen molar-refractivity contribution in [3.05, 3.63) is 119 Å². The number of aliphatic imine (C=N–C) groups is 1. The largest absolute Gasteiger partial charge is 0.493 e. The number of ether oxygens (including phenoxy) is 6. The Morgan fingerprint density at radius 3 is 1.88 bits per heavy atom. The summed E-state index contributed by atoms with van der Waals surface area (Å²) in [6.07, 6.45) is 4.76. The van der Waals surface area contributed by atoms with E-state index >= 15 is 0 Å². The van der Waals surface area contributed by atoms with Gasteiger partial charge in [0.25, 0.3) is 11.8 Å². The molecule has 0 aliphatic carbocycles. The zero-order valence-corrected chi connectivity index (χ0v) is 47.5. The minimum absolute atomic E-state index is 0.0272. The molecule has 0 saturated heterocycles. The van der Waals surface area contributed by atoms with Gasteiger partial charge < -0.3 is 43.5 Å². The van der Waals surface area contributed by atoms with Crippen LogP contribution >= 0.6 is 12.6 Å². The van der Waals surface area contributed by atoms with Crippen LogP contribution in [-0.2, 0) is 35.5 Å². The molecule has 1 aromatic heterocycles. The molecule has 5 aromatic rings. The third-order valence-electron chi connectivity index (χ3n) is 14.5. The lowest BCUT2D eigenvalue weighted by Gasteiger charge is -2.51. The second-order valence-corrected chi connectivity index (χ2v) is 25.3. The van der Waals surface area contributed by atoms with Crippen molar-refractivity contribution < 1.29 is 38.0 Å². The van der Waals surface area contributed by atoms with Crippen molar-refractivity contribution in [1.82, 2.24) is 4.98 Å². The molecule has 9 rings (SSSR count). The molecule has 4 aromatic carbocycles. The summed E-state index contributed by atoms with van der Waals surface area (Å²) >= 11 is 4.83. The van der Waals surface area contributed by atoms with Gasteiger partial charge in [-0.2, -0.15) is 12.6 Å². The SMILES string of the molecule is COc1cc2c(cc1OCc1cc(N(C(C)(C)CCOC(C)(C)CC(C)(C)S)C(C)(C)COC(C)(C)C)cc(COc3cc4c(cc3OC)C(=O)N3c5ccccc5CC3CN4)n1)N=CC1Cc3ccccc3N1C2=O. The van der Waals surface area contributed by atoms with E-state index in [2.05, 4.69) is 111 Å². The molecule has 14 nitrogen and oxygen atoms in total. The molecule has 0 bridgehead atoms. The van der Waals surface area contributed by atoms with Crippen LogP contribution in [0.1, 0.15) is 132 Å². The Kier molecular flexibility index (Phi) is 15.0. The van der Waals surface area contributed by atoms with E-state index in [-0.39, 0.29) is 41.9 Å². The Morgan fingerprint density at radius 2 is 1.26 bits per heavy atom. The minimum atomic E-state index is -0.566. The highest BCUT2D eigenvalue weighted by atomic mass is 32.1. The monoisotopic (exact) mass is 1050 g/mol. The Balaban J connectivity index is 1.06. The first-order chi connectivity index (χ1) is 35.8. The number of amides is 2. The smallest absolute Gasteiger partial charge is 0.261 e. The van der Waals surface area contributed by atoms with Gasteiger partial charge in [-0.05, 0) is 129 Å². The summed E-state index contributed by atoms with van der Waals surface area (Å²) in [5.41, 5.74) is 6.46. The first kappa shape index (κ1) is 54.5. The molecule has 0 spiro atoms. The van der Waals surface area contributed by atoms with Crippen LogP contribution in [0.3, 0.4) is 0 Å². The summed E-state index contributed by atoms with van der Waals surface area (Å²) in [5.74, 6) is 1.46. The van der Waals surface area contributed by atoms with Gasteiger partial charge in [0.1, 0.15) is 13.2 Å². The number of anilines is 4. The van der Waals surface area contributed by atoms with Crippen molar-refractivity contribution >= 4 is 59.1 Å². The van der Waals surface area contributed by atoms with Crippen molar-refractivity contribution in [2.45, 2.75) is 154 Å². The van der Waals surface area contributed by atoms with Crippen LogP contribution in [0, 0.1) is 0 Å². The maximum Gasteiger partial charge on any atom is 0.261 e. The van der Waals surface area contributed by atoms with Gasteiger partial charge in [0, 0.05) is 65.3 Å². The number of pyridine rings is 1. The van der Waals surface area contributed by atoms with E-state index in [4.69, 9.17) is 51.0 Å². The van der Waals surface area contributed by atoms with Crippen LogP contribution in [-0.4, -0.2) is 96.1 Å². The Hall–Kier alpha value is -6.29. The predicted octanol–water partition coefficient (Wildman–Crippen LogP) is 12.0. The number of nitrogens with one attached hydrogen (secondary N) is 1. The number of hydrogen-bond donors (Lipinski definition) is 2. The number of hydrogen-bond acceptors (Lipinski definition) is 13. The van der Waals surface area contributed by atoms with Gasteiger partial charge in [-0.25, -0.2) is 0 Å². The summed E-state index contributed by atoms with van der Waals surface area (Å²) in [7, 11) is 3.15. The first-order valence-corrected chi connectivity index (χ1v) is 26.9. The summed E-state index contributed by atoms with van der Waals surface area (Å²) in [6.45, 7) is 25.1. The number of carbonyl (C=O) groups is 2. The Labute approximate surface area is 454 Å². The maximum absolute atomic E-state index is 14.3. The van der Waals surface area contributed by atoms with Crippen molar-refractivity contribution in [2.75, 3.05) is 54.0 Å². The van der Waals surface area contributed by atoms with E-state index in [1.165, 1.54) is 0 Å². The van der Waals surface area contributed by atoms with Gasteiger partial charge >= 0.3 is 0 Å². The molecule has 0 radical (unpaired) electrons. The third kappa shape index (κ3) is 11.7. The first-order valence-electron chi connectivity index (χ1n) is 26.4. The van der Waals surface area contributed by atoms with Gasteiger partial charge in [-0.15, -0.1) is 0 Å². The molecular weight excluding hydrogens is 977 g/mol. The summed E-state index contributed by atoms with van der Waals surface area (Å²) in [6, 6.07) is 27.1. The van der Waals surface area contributed by atoms with E-state index in [0.29, 0.717) is 89.5 Å². The lowest BCUT2D eigenvalue weighted by molar-refractivity contribution is -0.0406. The molecule has 5 heterocycles. The number of para-hydroxylation sites is 2. The molecule has 4 aliphatic heterocycles. The van der Waals surface area contributed by atoms with Crippen LogP contribution in [0.15, 0.2) is 89.9 Å². The van der Waals surface area contributed by atoms with E-state index in [1.807, 2.05) is 58.5 Å². The van der Waals surface area contributed by atoms with Gasteiger partial charge in [-0.1, -0.05) is 50.2 Å². The highest BCUT2D eigenvalue weighted by Crippen LogP contribution is 2.44. The van der Waals surface area contributed by atoms with Crippen molar-refractivity contribution in [2.24, 2.45) is 4.99 Å². The van der Waals surface area contributed by atoms with E-state index in [1.54, 1.807) is 32.4 Å². The normalized spacial score (nSPS) is 17.1. The van der Waals surface area contributed by atoms with Crippen LogP contribution in [0.5, 0.6) is 23.0 Å².